The second-order valence-corrected chi connectivity index (χ2v) is 20.1. The predicted octanol–water partition coefficient (Wildman–Crippen LogP) is 6.23. The van der Waals surface area contributed by atoms with Gasteiger partial charge >= 0.3 is 17.9 Å². The first-order valence-electron chi connectivity index (χ1n) is 24.2. The van der Waals surface area contributed by atoms with Crippen molar-refractivity contribution in [1.29, 1.82) is 0 Å². The maximum absolute atomic E-state index is 13.9. The maximum Gasteiger partial charge on any atom is 0.342 e. The number of aromatic hydroxyl groups is 2. The van der Waals surface area contributed by atoms with Gasteiger partial charge in [-0.15, -0.1) is 0 Å². The number of aliphatic hydroxyl groups is 5. The first-order chi connectivity index (χ1) is 33.7. The molecular formula is C52H74Cl2O18. The Hall–Kier alpha value is -3.89. The van der Waals surface area contributed by atoms with E-state index < -0.39 is 144 Å². The van der Waals surface area contributed by atoms with Crippen molar-refractivity contribution in [3.63, 3.8) is 0 Å². The fourth-order valence-corrected chi connectivity index (χ4v) is 9.16. The summed E-state index contributed by atoms with van der Waals surface area (Å²) in [5.41, 5.74) is 0.318. The number of allylic oxidation sites excluding steroid dienone is 4. The topological polar surface area (TPSA) is 267 Å². The Labute approximate surface area is 431 Å². The summed E-state index contributed by atoms with van der Waals surface area (Å²) >= 11 is 12.3. The number of hydrogen-bond acceptors (Lipinski definition) is 18. The SMILES string of the molecule is CCc1c(Cl)c(O)c(Cl)c(O)c1C(=O)O[C@H]1[C@H](O)[C@H](OC)[C@H](OC/C2=C\C=C\C[C@H](O)/C(C)=C/[C@H](CC)[C@@H](O[C@@H]3OC(C)(C)[C@@H](OC(=O)C(C)C)[C@H](O)[C@@H]3O)/C(C)=C/C(C)=C/C[C@H]([C@@H](C)O)OC2=O)O[C@@H]1C. The molecule has 2 fully saturated rings. The van der Waals surface area contributed by atoms with Crippen LogP contribution in [0.2, 0.25) is 10.0 Å². The van der Waals surface area contributed by atoms with Crippen LogP contribution >= 0.6 is 23.2 Å². The van der Waals surface area contributed by atoms with Crippen molar-refractivity contribution in [2.75, 3.05) is 13.7 Å². The third kappa shape index (κ3) is 14.7. The largest absolute Gasteiger partial charge is 0.505 e. The molecule has 1 aromatic carbocycles. The Balaban J connectivity index is 1.61. The lowest BCUT2D eigenvalue weighted by Gasteiger charge is -2.47. The Bertz CT molecular complexity index is 2220. The number of phenols is 2. The smallest absolute Gasteiger partial charge is 0.342 e. The molecule has 0 saturated carbocycles. The highest BCUT2D eigenvalue weighted by Crippen LogP contribution is 2.45. The molecule has 20 heteroatoms. The molecule has 0 spiro atoms. The maximum atomic E-state index is 13.9. The zero-order valence-electron chi connectivity index (χ0n) is 43.0. The molecule has 4 rings (SSSR count). The monoisotopic (exact) mass is 1060 g/mol. The van der Waals surface area contributed by atoms with Gasteiger partial charge in [0.15, 0.2) is 36.3 Å². The number of benzene rings is 1. The molecule has 1 aromatic rings. The first kappa shape index (κ1) is 60.7. The van der Waals surface area contributed by atoms with E-state index in [0.717, 1.165) is 0 Å². The molecule has 3 heterocycles. The number of cyclic esters (lactones) is 1. The van der Waals surface area contributed by atoms with Gasteiger partial charge in [-0.3, -0.25) is 4.79 Å². The van der Waals surface area contributed by atoms with Crippen molar-refractivity contribution < 1.29 is 88.0 Å². The van der Waals surface area contributed by atoms with Crippen molar-refractivity contribution in [3.8, 4) is 11.5 Å². The van der Waals surface area contributed by atoms with Crippen molar-refractivity contribution in [2.45, 2.75) is 187 Å². The van der Waals surface area contributed by atoms with Gasteiger partial charge in [-0.2, -0.15) is 0 Å². The summed E-state index contributed by atoms with van der Waals surface area (Å²) < 4.78 is 47.5. The van der Waals surface area contributed by atoms with E-state index in [4.69, 9.17) is 61.1 Å². The summed E-state index contributed by atoms with van der Waals surface area (Å²) in [6.07, 6.45) is -5.45. The molecule has 18 nitrogen and oxygen atoms in total. The molecule has 2 saturated heterocycles. The van der Waals surface area contributed by atoms with Crippen LogP contribution in [0, 0.1) is 11.8 Å². The standard InChI is InChI=1S/C52H74Cl2O18/c1-13-30-22-26(6)33(56)18-16-15-17-31(23-66-51-45(65-12)42(61)44(29(9)67-51)69-49(64)35-32(14-2)36(53)39(58)37(54)38(35)57)48(63)68-34(28(8)55)20-19-25(5)21-27(7)43(30)70-50-41(60)40(59)46(52(10,11)72-50)71-47(62)24(3)4/h15-17,19,21-22,24,28-30,33-34,40-46,50-51,55-61H,13-14,18,20,23H2,1-12H3/b16-15+,25-19+,26-22+,27-21+,31-17+/t28-,29-,30+,33+,34-,40-,41+,42+,43+,44-,45+,46+,50-,51-/m1/s1. The number of carbonyl (C=O) groups is 3. The number of ether oxygens (including phenoxy) is 8. The number of aliphatic hydroxyl groups excluding tert-OH is 5. The summed E-state index contributed by atoms with van der Waals surface area (Å²) in [6.45, 7) is 18.1. The van der Waals surface area contributed by atoms with Crippen molar-refractivity contribution in [2.24, 2.45) is 11.8 Å². The van der Waals surface area contributed by atoms with Crippen LogP contribution in [0.4, 0.5) is 0 Å². The van der Waals surface area contributed by atoms with Gasteiger partial charge in [0.25, 0.3) is 0 Å². The molecule has 0 amide bonds. The van der Waals surface area contributed by atoms with E-state index in [9.17, 15) is 50.1 Å². The number of rotatable bonds is 13. The van der Waals surface area contributed by atoms with Gasteiger partial charge in [0.05, 0.1) is 47.5 Å². The summed E-state index contributed by atoms with van der Waals surface area (Å²) in [5.74, 6) is -4.78. The summed E-state index contributed by atoms with van der Waals surface area (Å²) in [4.78, 5) is 40.0. The molecule has 0 bridgehead atoms. The lowest BCUT2D eigenvalue weighted by Crippen LogP contribution is -2.64. The molecule has 0 aliphatic carbocycles. The molecule has 7 N–H and O–H groups in total. The summed E-state index contributed by atoms with van der Waals surface area (Å²) in [6, 6.07) is 0. The minimum absolute atomic E-state index is 0.0372. The van der Waals surface area contributed by atoms with Gasteiger partial charge in [-0.1, -0.05) is 86.9 Å². The minimum Gasteiger partial charge on any atom is -0.505 e. The summed E-state index contributed by atoms with van der Waals surface area (Å²) in [7, 11) is 1.26. The van der Waals surface area contributed by atoms with E-state index in [-0.39, 0.29) is 35.4 Å². The number of hydrogen-bond donors (Lipinski definition) is 7. The van der Waals surface area contributed by atoms with E-state index in [2.05, 4.69) is 0 Å². The second kappa shape index (κ2) is 26.5. The van der Waals surface area contributed by atoms with Crippen molar-refractivity contribution in [1.82, 2.24) is 0 Å². The van der Waals surface area contributed by atoms with Crippen LogP contribution in [0.5, 0.6) is 11.5 Å². The van der Waals surface area contributed by atoms with Gasteiger partial charge in [-0.25, -0.2) is 9.59 Å². The normalized spacial score (nSPS) is 34.8. The number of phenolic OH excluding ortho intramolecular Hbond substituents is 2. The fraction of sp³-hybridized carbons (Fsp3) is 0.635. The molecule has 14 atom stereocenters. The number of halogens is 2. The van der Waals surface area contributed by atoms with Crippen LogP contribution in [-0.4, -0.2) is 153 Å². The lowest BCUT2D eigenvalue weighted by molar-refractivity contribution is -0.333. The fourth-order valence-electron chi connectivity index (χ4n) is 8.60. The molecular weight excluding hydrogens is 983 g/mol. The molecule has 72 heavy (non-hydrogen) atoms. The average Bonchev–Trinajstić information content (AvgIpc) is 3.32. The van der Waals surface area contributed by atoms with Gasteiger partial charge in [0.1, 0.15) is 46.7 Å². The third-order valence-electron chi connectivity index (χ3n) is 13.0. The number of methoxy groups -OCH3 is 1. The van der Waals surface area contributed by atoms with Crippen LogP contribution < -0.4 is 0 Å². The third-order valence-corrected chi connectivity index (χ3v) is 13.8. The average molecular weight is 1060 g/mol. The van der Waals surface area contributed by atoms with Crippen LogP contribution in [-0.2, 0) is 53.9 Å². The Morgan fingerprint density at radius 2 is 1.57 bits per heavy atom. The van der Waals surface area contributed by atoms with E-state index >= 15 is 0 Å². The molecule has 3 aliphatic heterocycles. The highest BCUT2D eigenvalue weighted by atomic mass is 35.5. The van der Waals surface area contributed by atoms with Gasteiger partial charge in [-0.05, 0) is 90.5 Å². The molecule has 0 unspecified atom stereocenters. The van der Waals surface area contributed by atoms with Crippen molar-refractivity contribution in [3.05, 3.63) is 79.9 Å². The van der Waals surface area contributed by atoms with Gasteiger partial charge < -0.3 is 73.6 Å². The van der Waals surface area contributed by atoms with Crippen LogP contribution in [0.1, 0.15) is 111 Å². The quantitative estimate of drug-likeness (QED) is 0.0655. The molecule has 404 valence electrons. The van der Waals surface area contributed by atoms with E-state index in [1.807, 2.05) is 32.9 Å². The first-order valence-corrected chi connectivity index (χ1v) is 24.9. The predicted molar refractivity (Wildman–Crippen MR) is 265 cm³/mol. The van der Waals surface area contributed by atoms with E-state index in [1.165, 1.54) is 33.1 Å². The minimum atomic E-state index is -1.61. The molecule has 3 aliphatic rings. The Morgan fingerprint density at radius 3 is 2.17 bits per heavy atom. The second-order valence-electron chi connectivity index (χ2n) is 19.4. The molecule has 0 aromatic heterocycles. The Kier molecular flexibility index (Phi) is 22.4. The number of carbonyl (C=O) groups excluding carboxylic acids is 3. The van der Waals surface area contributed by atoms with Gasteiger partial charge in [0, 0.05) is 19.4 Å². The lowest BCUT2D eigenvalue weighted by atomic mass is 9.88. The Morgan fingerprint density at radius 1 is 0.903 bits per heavy atom. The van der Waals surface area contributed by atoms with Crippen molar-refractivity contribution >= 4 is 41.1 Å². The van der Waals surface area contributed by atoms with Gasteiger partial charge in [0.2, 0.25) is 0 Å². The highest BCUT2D eigenvalue weighted by Gasteiger charge is 2.53. The van der Waals surface area contributed by atoms with Crippen LogP contribution in [0.25, 0.3) is 0 Å². The van der Waals surface area contributed by atoms with Crippen LogP contribution in [0.15, 0.2) is 58.7 Å². The zero-order valence-corrected chi connectivity index (χ0v) is 44.5. The zero-order chi connectivity index (χ0) is 54.1. The molecule has 0 radical (unpaired) electrons. The van der Waals surface area contributed by atoms with E-state index in [0.29, 0.717) is 23.1 Å². The van der Waals surface area contributed by atoms with E-state index in [1.54, 1.807) is 53.7 Å². The number of esters is 3. The summed E-state index contributed by atoms with van der Waals surface area (Å²) in [5, 5.41) is 76.5. The van der Waals surface area contributed by atoms with Crippen LogP contribution in [0.3, 0.4) is 0 Å². The highest BCUT2D eigenvalue weighted by molar-refractivity contribution is 6.39.